The fourth-order valence-corrected chi connectivity index (χ4v) is 0.801. The summed E-state index contributed by atoms with van der Waals surface area (Å²) in [6, 6.07) is 0. The summed E-state index contributed by atoms with van der Waals surface area (Å²) in [5.74, 6) is 0.788. The van der Waals surface area contributed by atoms with Crippen molar-refractivity contribution in [1.82, 2.24) is 0 Å². The van der Waals surface area contributed by atoms with Gasteiger partial charge >= 0.3 is 23.1 Å². The van der Waals surface area contributed by atoms with Gasteiger partial charge in [-0.1, -0.05) is 24.5 Å². The standard InChI is InChI=1S/C10H19.ClH.Mg/c1-5-10(4)8-6-7-9(2)3;;/h7,10H,1,5-6,8H2,2-4H3;1H;/q-1;;+2/p-1. The van der Waals surface area contributed by atoms with Crippen molar-refractivity contribution in [2.75, 3.05) is 0 Å². The van der Waals surface area contributed by atoms with Gasteiger partial charge in [-0.15, -0.1) is 0 Å². The van der Waals surface area contributed by atoms with Crippen LogP contribution in [0.25, 0.3) is 0 Å². The average Bonchev–Trinajstić information content (AvgIpc) is 1.87. The van der Waals surface area contributed by atoms with Crippen molar-refractivity contribution >= 4 is 23.1 Å². The maximum absolute atomic E-state index is 3.86. The second-order valence-electron chi connectivity index (χ2n) is 3.25. The fourth-order valence-electron chi connectivity index (χ4n) is 0.801. The van der Waals surface area contributed by atoms with E-state index in [1.807, 2.05) is 0 Å². The second-order valence-corrected chi connectivity index (χ2v) is 3.25. The van der Waals surface area contributed by atoms with Gasteiger partial charge in [0.2, 0.25) is 0 Å². The molecule has 1 atom stereocenters. The van der Waals surface area contributed by atoms with Crippen molar-refractivity contribution in [3.8, 4) is 0 Å². The van der Waals surface area contributed by atoms with Crippen molar-refractivity contribution in [3.05, 3.63) is 18.6 Å². The monoisotopic (exact) mass is 198 g/mol. The largest absolute Gasteiger partial charge is 2.00 e. The van der Waals surface area contributed by atoms with E-state index in [0.29, 0.717) is 0 Å². The Kier molecular flexibility index (Phi) is 18.2. The van der Waals surface area contributed by atoms with Crippen LogP contribution in [0.15, 0.2) is 11.6 Å². The molecule has 0 aliphatic carbocycles. The third-order valence-corrected chi connectivity index (χ3v) is 1.70. The molecule has 0 N–H and O–H groups in total. The molecule has 0 saturated carbocycles. The molecular weight excluding hydrogens is 180 g/mol. The van der Waals surface area contributed by atoms with Crippen molar-refractivity contribution in [2.45, 2.75) is 40.0 Å². The van der Waals surface area contributed by atoms with Crippen molar-refractivity contribution < 1.29 is 12.4 Å². The van der Waals surface area contributed by atoms with E-state index in [2.05, 4.69) is 33.8 Å². The number of hydrogen-bond acceptors (Lipinski definition) is 0. The van der Waals surface area contributed by atoms with Crippen molar-refractivity contribution in [3.63, 3.8) is 0 Å². The Balaban J connectivity index is -0.000000405. The zero-order valence-corrected chi connectivity index (χ0v) is 10.7. The Labute approximate surface area is 99.8 Å². The molecule has 0 amide bonds. The van der Waals surface area contributed by atoms with Gasteiger partial charge in [0.15, 0.2) is 0 Å². The third kappa shape index (κ3) is 13.4. The summed E-state index contributed by atoms with van der Waals surface area (Å²) >= 11 is 0. The van der Waals surface area contributed by atoms with Gasteiger partial charge in [-0.3, -0.25) is 0 Å². The molecule has 0 spiro atoms. The first-order valence-electron chi connectivity index (χ1n) is 4.09. The van der Waals surface area contributed by atoms with Gasteiger partial charge in [-0.2, -0.15) is 6.42 Å². The molecule has 12 heavy (non-hydrogen) atoms. The number of halogens is 1. The zero-order valence-electron chi connectivity index (χ0n) is 8.57. The molecule has 2 heteroatoms. The van der Waals surface area contributed by atoms with E-state index >= 15 is 0 Å². The van der Waals surface area contributed by atoms with E-state index < -0.39 is 0 Å². The van der Waals surface area contributed by atoms with Crippen LogP contribution in [0.4, 0.5) is 0 Å². The molecule has 0 nitrogen and oxygen atoms in total. The van der Waals surface area contributed by atoms with Crippen LogP contribution in [0.1, 0.15) is 40.0 Å². The molecule has 0 fully saturated rings. The SMILES string of the molecule is [CH2-]CC(C)CCC=C(C)C.[Cl-].[Mg+2]. The van der Waals surface area contributed by atoms with Crippen LogP contribution in [0.3, 0.4) is 0 Å². The summed E-state index contributed by atoms with van der Waals surface area (Å²) in [5, 5.41) is 0. The molecule has 0 aromatic carbocycles. The predicted octanol–water partition coefficient (Wildman–Crippen LogP) is 0.216. The Morgan fingerprint density at radius 2 is 1.92 bits per heavy atom. The molecule has 0 radical (unpaired) electrons. The number of hydrogen-bond donors (Lipinski definition) is 0. The van der Waals surface area contributed by atoms with Crippen LogP contribution in [-0.4, -0.2) is 23.1 Å². The molecule has 0 rings (SSSR count). The van der Waals surface area contributed by atoms with Crippen LogP contribution < -0.4 is 12.4 Å². The van der Waals surface area contributed by atoms with Crippen LogP contribution in [0, 0.1) is 12.8 Å². The molecule has 0 saturated heterocycles. The average molecular weight is 199 g/mol. The summed E-state index contributed by atoms with van der Waals surface area (Å²) in [7, 11) is 0. The molecule has 0 heterocycles. The first kappa shape index (κ1) is 18.6. The zero-order chi connectivity index (χ0) is 7.98. The normalized spacial score (nSPS) is 10.7. The van der Waals surface area contributed by atoms with E-state index in [-0.39, 0.29) is 35.5 Å². The summed E-state index contributed by atoms with van der Waals surface area (Å²) in [4.78, 5) is 0. The quantitative estimate of drug-likeness (QED) is 0.345. The van der Waals surface area contributed by atoms with Crippen LogP contribution in [-0.2, 0) is 0 Å². The predicted molar refractivity (Wildman–Crippen MR) is 53.6 cm³/mol. The summed E-state index contributed by atoms with van der Waals surface area (Å²) in [6.07, 6.45) is 5.87. The van der Waals surface area contributed by atoms with Crippen LogP contribution in [0.2, 0.25) is 0 Å². The Bertz CT molecular complexity index is 106. The first-order valence-corrected chi connectivity index (χ1v) is 4.09. The maximum Gasteiger partial charge on any atom is 2.00 e. The van der Waals surface area contributed by atoms with Crippen LogP contribution >= 0.6 is 0 Å². The minimum atomic E-state index is 0. The van der Waals surface area contributed by atoms with Crippen LogP contribution in [0.5, 0.6) is 0 Å². The van der Waals surface area contributed by atoms with Gasteiger partial charge in [0.25, 0.3) is 0 Å². The van der Waals surface area contributed by atoms with E-state index in [1.54, 1.807) is 0 Å². The smallest absolute Gasteiger partial charge is 1.00 e. The molecule has 0 aromatic heterocycles. The molecule has 0 bridgehead atoms. The van der Waals surface area contributed by atoms with E-state index in [0.717, 1.165) is 12.3 Å². The van der Waals surface area contributed by atoms with E-state index in [9.17, 15) is 0 Å². The molecule has 68 valence electrons. The summed E-state index contributed by atoms with van der Waals surface area (Å²) < 4.78 is 0. The van der Waals surface area contributed by atoms with Crippen molar-refractivity contribution in [1.29, 1.82) is 0 Å². The maximum atomic E-state index is 3.86. The second kappa shape index (κ2) is 11.8. The van der Waals surface area contributed by atoms with Gasteiger partial charge < -0.3 is 19.3 Å². The van der Waals surface area contributed by atoms with Crippen molar-refractivity contribution in [2.24, 2.45) is 5.92 Å². The molecule has 1 unspecified atom stereocenters. The Morgan fingerprint density at radius 3 is 2.25 bits per heavy atom. The number of rotatable bonds is 4. The van der Waals surface area contributed by atoms with Gasteiger partial charge in [0.05, 0.1) is 0 Å². The van der Waals surface area contributed by atoms with Gasteiger partial charge in [-0.05, 0) is 26.7 Å². The molecular formula is C10H19ClMg. The number of allylic oxidation sites excluding steroid dienone is 2. The summed E-state index contributed by atoms with van der Waals surface area (Å²) in [6.45, 7) is 10.4. The van der Waals surface area contributed by atoms with E-state index in [4.69, 9.17) is 0 Å². The Hall–Kier alpha value is 0.796. The van der Waals surface area contributed by atoms with Gasteiger partial charge in [-0.25, -0.2) is 0 Å². The minimum absolute atomic E-state index is 0. The molecule has 0 aromatic rings. The first-order chi connectivity index (χ1) is 4.66. The molecule has 0 aliphatic heterocycles. The minimum Gasteiger partial charge on any atom is -1.00 e. The van der Waals surface area contributed by atoms with Gasteiger partial charge in [0.1, 0.15) is 0 Å². The van der Waals surface area contributed by atoms with E-state index in [1.165, 1.54) is 18.4 Å². The van der Waals surface area contributed by atoms with Gasteiger partial charge in [0, 0.05) is 0 Å². The Morgan fingerprint density at radius 1 is 1.42 bits per heavy atom. The summed E-state index contributed by atoms with van der Waals surface area (Å²) in [5.41, 5.74) is 1.43. The molecule has 0 aliphatic rings. The topological polar surface area (TPSA) is 0 Å². The third-order valence-electron chi connectivity index (χ3n) is 1.70. The fraction of sp³-hybridized carbons (Fsp3) is 0.700.